The van der Waals surface area contributed by atoms with Gasteiger partial charge in [0.15, 0.2) is 0 Å². The molecule has 0 radical (unpaired) electrons. The number of halogens is 3. The lowest BCUT2D eigenvalue weighted by Gasteiger charge is -2.40. The van der Waals surface area contributed by atoms with Gasteiger partial charge in [0.1, 0.15) is 5.82 Å². The van der Waals surface area contributed by atoms with Crippen molar-refractivity contribution in [3.8, 4) is 0 Å². The highest BCUT2D eigenvalue weighted by molar-refractivity contribution is 9.10. The van der Waals surface area contributed by atoms with E-state index in [1.165, 1.54) is 51.0 Å². The molecule has 2 saturated carbocycles. The second-order valence-electron chi connectivity index (χ2n) is 6.45. The second kappa shape index (κ2) is 6.36. The van der Waals surface area contributed by atoms with Crippen molar-refractivity contribution in [3.63, 3.8) is 0 Å². The lowest BCUT2D eigenvalue weighted by atomic mass is 9.66. The number of hydrogen-bond acceptors (Lipinski definition) is 0. The molecule has 3 rings (SSSR count). The Balaban J connectivity index is 1.70. The highest BCUT2D eigenvalue weighted by atomic mass is 79.9. The fraction of sp³-hybridized carbons (Fsp3) is 0.647. The summed E-state index contributed by atoms with van der Waals surface area (Å²) >= 11 is 9.96. The van der Waals surface area contributed by atoms with Crippen molar-refractivity contribution < 1.29 is 4.39 Å². The van der Waals surface area contributed by atoms with Gasteiger partial charge in [0.25, 0.3) is 0 Å². The topological polar surface area (TPSA) is 0 Å². The van der Waals surface area contributed by atoms with Crippen LogP contribution in [0.5, 0.6) is 0 Å². The second-order valence-corrected chi connectivity index (χ2v) is 7.78. The van der Waals surface area contributed by atoms with Crippen molar-refractivity contribution in [2.45, 2.75) is 50.3 Å². The maximum Gasteiger partial charge on any atom is 0.137 e. The number of alkyl halides is 1. The predicted molar refractivity (Wildman–Crippen MR) is 85.5 cm³/mol. The van der Waals surface area contributed by atoms with Crippen LogP contribution in [-0.2, 0) is 0 Å². The van der Waals surface area contributed by atoms with E-state index in [4.69, 9.17) is 11.6 Å². The summed E-state index contributed by atoms with van der Waals surface area (Å²) in [7, 11) is 0. The molecular weight excluding hydrogens is 339 g/mol. The van der Waals surface area contributed by atoms with Crippen LogP contribution in [0.1, 0.15) is 55.9 Å². The Bertz CT molecular complexity index is 476. The molecule has 1 aromatic carbocycles. The highest BCUT2D eigenvalue weighted by Crippen LogP contribution is 2.48. The molecular formula is C17H21BrClF. The van der Waals surface area contributed by atoms with Crippen molar-refractivity contribution >= 4 is 27.5 Å². The van der Waals surface area contributed by atoms with Gasteiger partial charge in [-0.05, 0) is 70.6 Å². The van der Waals surface area contributed by atoms with E-state index in [1.807, 2.05) is 12.1 Å². The van der Waals surface area contributed by atoms with Crippen molar-refractivity contribution in [2.75, 3.05) is 0 Å². The molecule has 0 nitrogen and oxygen atoms in total. The smallest absolute Gasteiger partial charge is 0.137 e. The lowest BCUT2D eigenvalue weighted by molar-refractivity contribution is 0.127. The Hall–Kier alpha value is -0.0800. The van der Waals surface area contributed by atoms with Crippen LogP contribution in [-0.4, -0.2) is 0 Å². The minimum Gasteiger partial charge on any atom is -0.206 e. The van der Waals surface area contributed by atoms with Crippen LogP contribution >= 0.6 is 27.5 Å². The SMILES string of the molecule is Fc1ccc(C(Cl)C2CCC3CCCCC3C2)cc1Br. The van der Waals surface area contributed by atoms with Gasteiger partial charge in [-0.1, -0.05) is 31.7 Å². The first-order chi connectivity index (χ1) is 9.65. The van der Waals surface area contributed by atoms with Gasteiger partial charge in [0.05, 0.1) is 9.85 Å². The van der Waals surface area contributed by atoms with Crippen LogP contribution in [0.4, 0.5) is 4.39 Å². The summed E-state index contributed by atoms with van der Waals surface area (Å²) in [6.07, 6.45) is 9.44. The van der Waals surface area contributed by atoms with Crippen molar-refractivity contribution in [2.24, 2.45) is 17.8 Å². The Labute approximate surface area is 134 Å². The minimum absolute atomic E-state index is 0.0229. The molecule has 0 saturated heterocycles. The molecule has 3 heteroatoms. The molecule has 0 aliphatic heterocycles. The van der Waals surface area contributed by atoms with Gasteiger partial charge < -0.3 is 0 Å². The monoisotopic (exact) mass is 358 g/mol. The first kappa shape index (κ1) is 14.8. The van der Waals surface area contributed by atoms with Crippen LogP contribution in [0, 0.1) is 23.6 Å². The average Bonchev–Trinajstić information content (AvgIpc) is 2.49. The molecule has 2 fully saturated rings. The largest absolute Gasteiger partial charge is 0.206 e. The summed E-state index contributed by atoms with van der Waals surface area (Å²) in [6, 6.07) is 5.20. The quantitative estimate of drug-likeness (QED) is 0.530. The summed E-state index contributed by atoms with van der Waals surface area (Å²) in [5.74, 6) is 2.17. The molecule has 2 aliphatic carbocycles. The van der Waals surface area contributed by atoms with E-state index in [2.05, 4.69) is 15.9 Å². The van der Waals surface area contributed by atoms with Crippen molar-refractivity contribution in [1.29, 1.82) is 0 Å². The van der Waals surface area contributed by atoms with E-state index in [-0.39, 0.29) is 11.2 Å². The molecule has 0 bridgehead atoms. The standard InChI is InChI=1S/C17H21BrClF/c18-15-10-14(7-8-16(15)20)17(19)13-6-5-11-3-1-2-4-12(11)9-13/h7-8,10-13,17H,1-6,9H2. The molecule has 4 atom stereocenters. The van der Waals surface area contributed by atoms with E-state index in [0.29, 0.717) is 10.4 Å². The lowest BCUT2D eigenvalue weighted by Crippen LogP contribution is -2.29. The minimum atomic E-state index is -0.214. The summed E-state index contributed by atoms with van der Waals surface area (Å²) in [5.41, 5.74) is 1.05. The summed E-state index contributed by atoms with van der Waals surface area (Å²) in [4.78, 5) is 0. The molecule has 110 valence electrons. The van der Waals surface area contributed by atoms with Gasteiger partial charge in [-0.15, -0.1) is 11.6 Å². The Morgan fingerprint density at radius 1 is 1.10 bits per heavy atom. The molecule has 0 amide bonds. The van der Waals surface area contributed by atoms with Gasteiger partial charge in [0.2, 0.25) is 0 Å². The van der Waals surface area contributed by atoms with Crippen molar-refractivity contribution in [1.82, 2.24) is 0 Å². The zero-order valence-corrected chi connectivity index (χ0v) is 14.0. The number of hydrogen-bond donors (Lipinski definition) is 0. The van der Waals surface area contributed by atoms with E-state index in [9.17, 15) is 4.39 Å². The molecule has 0 spiro atoms. The van der Waals surface area contributed by atoms with Crippen molar-refractivity contribution in [3.05, 3.63) is 34.1 Å². The number of benzene rings is 1. The maximum absolute atomic E-state index is 13.3. The fourth-order valence-corrected chi connectivity index (χ4v) is 4.89. The molecule has 0 aromatic heterocycles. The Kier molecular flexibility index (Phi) is 4.72. The van der Waals surface area contributed by atoms with E-state index < -0.39 is 0 Å². The molecule has 0 N–H and O–H groups in total. The first-order valence-corrected chi connectivity index (χ1v) is 8.97. The zero-order chi connectivity index (χ0) is 14.1. The molecule has 0 heterocycles. The van der Waals surface area contributed by atoms with Gasteiger partial charge >= 0.3 is 0 Å². The van der Waals surface area contributed by atoms with E-state index >= 15 is 0 Å². The number of fused-ring (bicyclic) bond motifs is 1. The fourth-order valence-electron chi connectivity index (χ4n) is 4.13. The summed E-state index contributed by atoms with van der Waals surface area (Å²) in [5, 5.41) is 0.0229. The van der Waals surface area contributed by atoms with Crippen LogP contribution in [0.3, 0.4) is 0 Å². The van der Waals surface area contributed by atoms with Gasteiger partial charge in [-0.3, -0.25) is 0 Å². The zero-order valence-electron chi connectivity index (χ0n) is 11.6. The van der Waals surface area contributed by atoms with Gasteiger partial charge in [-0.25, -0.2) is 4.39 Å². The third-order valence-electron chi connectivity index (χ3n) is 5.26. The highest BCUT2D eigenvalue weighted by Gasteiger charge is 2.35. The van der Waals surface area contributed by atoms with E-state index in [0.717, 1.165) is 17.4 Å². The Morgan fingerprint density at radius 3 is 2.60 bits per heavy atom. The van der Waals surface area contributed by atoms with Crippen LogP contribution < -0.4 is 0 Å². The summed E-state index contributed by atoms with van der Waals surface area (Å²) < 4.78 is 13.9. The van der Waals surface area contributed by atoms with Crippen LogP contribution in [0.15, 0.2) is 22.7 Å². The molecule has 20 heavy (non-hydrogen) atoms. The summed E-state index contributed by atoms with van der Waals surface area (Å²) in [6.45, 7) is 0. The van der Waals surface area contributed by atoms with Gasteiger partial charge in [-0.2, -0.15) is 0 Å². The molecule has 2 aliphatic rings. The van der Waals surface area contributed by atoms with Crippen LogP contribution in [0.2, 0.25) is 0 Å². The Morgan fingerprint density at radius 2 is 1.85 bits per heavy atom. The number of rotatable bonds is 2. The third kappa shape index (κ3) is 3.06. The predicted octanol–water partition coefficient (Wildman–Crippen LogP) is 6.47. The third-order valence-corrected chi connectivity index (χ3v) is 6.47. The molecule has 4 unspecified atom stereocenters. The van der Waals surface area contributed by atoms with E-state index in [1.54, 1.807) is 0 Å². The van der Waals surface area contributed by atoms with Gasteiger partial charge in [0, 0.05) is 0 Å². The molecule has 1 aromatic rings. The van der Waals surface area contributed by atoms with Crippen LogP contribution in [0.25, 0.3) is 0 Å². The first-order valence-electron chi connectivity index (χ1n) is 7.74. The normalized spacial score (nSPS) is 31.6. The average molecular weight is 360 g/mol. The maximum atomic E-state index is 13.3.